The van der Waals surface area contributed by atoms with Gasteiger partial charge in [0.15, 0.2) is 0 Å². The molecule has 0 fully saturated rings. The molecule has 0 aliphatic rings. The molecule has 0 aromatic rings. The molecule has 0 saturated carbocycles. The third-order valence-corrected chi connectivity index (χ3v) is 16.6. The summed E-state index contributed by atoms with van der Waals surface area (Å²) in [5.41, 5.74) is 0. The van der Waals surface area contributed by atoms with Crippen LogP contribution in [-0.4, -0.2) is 47.4 Å². The second kappa shape index (κ2) is 66.1. The van der Waals surface area contributed by atoms with Gasteiger partial charge in [0.25, 0.3) is 0 Å². The number of aliphatic hydroxyl groups is 2. The van der Waals surface area contributed by atoms with E-state index in [1.165, 1.54) is 321 Å². The molecule has 0 aliphatic heterocycles. The highest BCUT2D eigenvalue weighted by atomic mass is 16.5. The molecule has 0 radical (unpaired) electrons. The second-order valence-corrected chi connectivity index (χ2v) is 24.2. The van der Waals surface area contributed by atoms with E-state index < -0.39 is 12.1 Å². The van der Waals surface area contributed by atoms with Crippen molar-refractivity contribution in [1.29, 1.82) is 0 Å². The molecule has 2 unspecified atom stereocenters. The van der Waals surface area contributed by atoms with E-state index in [4.69, 9.17) is 4.74 Å². The Morgan fingerprint density at radius 2 is 0.618 bits per heavy atom. The van der Waals surface area contributed by atoms with Gasteiger partial charge in [0.05, 0.1) is 25.4 Å². The van der Waals surface area contributed by atoms with Gasteiger partial charge in [-0.2, -0.15) is 0 Å². The number of hydrogen-bond acceptors (Lipinski definition) is 5. The fraction of sp³-hybridized carbons (Fsp3) is 0.943. The summed E-state index contributed by atoms with van der Waals surface area (Å²) in [5, 5.41) is 23.1. The van der Waals surface area contributed by atoms with Crippen LogP contribution < -0.4 is 5.32 Å². The monoisotopic (exact) mass is 1070 g/mol. The number of nitrogens with one attached hydrogen (secondary N) is 1. The van der Waals surface area contributed by atoms with Gasteiger partial charge >= 0.3 is 5.97 Å². The number of carbonyl (C=O) groups is 2. The molecule has 3 N–H and O–H groups in total. The molecule has 76 heavy (non-hydrogen) atoms. The Hall–Kier alpha value is -1.40. The average molecular weight is 1070 g/mol. The molecular weight excluding hydrogens is 935 g/mol. The topological polar surface area (TPSA) is 95.9 Å². The van der Waals surface area contributed by atoms with Crippen molar-refractivity contribution < 1.29 is 24.5 Å². The Morgan fingerprint density at radius 3 is 0.947 bits per heavy atom. The number of hydrogen-bond donors (Lipinski definition) is 3. The molecule has 0 bridgehead atoms. The number of allylic oxidation sites excluding steroid dienone is 2. The fourth-order valence-corrected chi connectivity index (χ4v) is 11.2. The third-order valence-electron chi connectivity index (χ3n) is 16.6. The highest BCUT2D eigenvalue weighted by Crippen LogP contribution is 2.19. The minimum absolute atomic E-state index is 0.0146. The fourth-order valence-electron chi connectivity index (χ4n) is 11.2. The maximum atomic E-state index is 12.4. The van der Waals surface area contributed by atoms with Crippen molar-refractivity contribution >= 4 is 11.9 Å². The van der Waals surface area contributed by atoms with E-state index in [-0.39, 0.29) is 18.5 Å². The van der Waals surface area contributed by atoms with Gasteiger partial charge in [-0.1, -0.05) is 347 Å². The van der Waals surface area contributed by atoms with E-state index in [9.17, 15) is 19.8 Å². The number of aliphatic hydroxyl groups excluding tert-OH is 2. The minimum atomic E-state index is -0.657. The van der Waals surface area contributed by atoms with E-state index >= 15 is 0 Å². The zero-order chi connectivity index (χ0) is 55.0. The predicted octanol–water partition coefficient (Wildman–Crippen LogP) is 22.4. The molecule has 0 spiro atoms. The first-order valence-corrected chi connectivity index (χ1v) is 34.9. The van der Waals surface area contributed by atoms with Gasteiger partial charge in [-0.05, 0) is 51.4 Å². The lowest BCUT2D eigenvalue weighted by Gasteiger charge is -2.22. The van der Waals surface area contributed by atoms with Crippen molar-refractivity contribution in [2.24, 2.45) is 0 Å². The lowest BCUT2D eigenvalue weighted by molar-refractivity contribution is -0.143. The minimum Gasteiger partial charge on any atom is -0.466 e. The standard InChI is InChI=1S/C70H137NO5/c1-3-5-7-9-11-13-14-40-44-48-52-56-60-64-70(75)76-65-61-57-53-49-45-42-39-37-35-33-31-29-27-25-23-21-19-17-15-16-18-20-22-24-26-28-30-32-34-36-38-41-43-47-51-55-59-63-69(74)71-67(66-72)68(73)62-58-54-50-46-12-10-8-6-4-2/h13-14,67-68,72-73H,3-12,15-66H2,1-2H3,(H,71,74)/b14-13-. The maximum Gasteiger partial charge on any atom is 0.305 e. The van der Waals surface area contributed by atoms with E-state index in [2.05, 4.69) is 31.3 Å². The zero-order valence-electron chi connectivity index (χ0n) is 51.8. The van der Waals surface area contributed by atoms with Crippen LogP contribution in [0.5, 0.6) is 0 Å². The molecular formula is C70H137NO5. The van der Waals surface area contributed by atoms with Gasteiger partial charge in [-0.15, -0.1) is 0 Å². The Labute approximate surface area is 476 Å². The van der Waals surface area contributed by atoms with Crippen molar-refractivity contribution in [1.82, 2.24) is 5.32 Å². The van der Waals surface area contributed by atoms with Gasteiger partial charge in [0.1, 0.15) is 0 Å². The Morgan fingerprint density at radius 1 is 0.355 bits per heavy atom. The first-order valence-electron chi connectivity index (χ1n) is 34.9. The number of amides is 1. The van der Waals surface area contributed by atoms with Crippen LogP contribution in [0.15, 0.2) is 12.2 Å². The Bertz CT molecular complexity index is 1140. The first kappa shape index (κ1) is 74.6. The molecule has 6 heteroatoms. The van der Waals surface area contributed by atoms with Crippen molar-refractivity contribution in [3.8, 4) is 0 Å². The SMILES string of the molecule is CCCCCC/C=C\CCCCCCCC(=O)OCCCCCCCCCCCCCCCCCCCCCCCCCCCCCCCCCCCCCCCC(=O)NC(CO)C(O)CCCCCCCCCCC. The molecule has 1 amide bonds. The smallest absolute Gasteiger partial charge is 0.305 e. The van der Waals surface area contributed by atoms with Crippen LogP contribution in [0.1, 0.15) is 399 Å². The molecule has 452 valence electrons. The van der Waals surface area contributed by atoms with Crippen molar-refractivity contribution in [3.63, 3.8) is 0 Å². The molecule has 2 atom stereocenters. The molecule has 0 rings (SSSR count). The summed E-state index contributed by atoms with van der Waals surface area (Å²) in [7, 11) is 0. The van der Waals surface area contributed by atoms with Gasteiger partial charge in [0.2, 0.25) is 5.91 Å². The number of carbonyl (C=O) groups excluding carboxylic acids is 2. The van der Waals surface area contributed by atoms with Gasteiger partial charge < -0.3 is 20.3 Å². The summed E-state index contributed by atoms with van der Waals surface area (Å²) in [5.74, 6) is -0.0150. The van der Waals surface area contributed by atoms with Crippen LogP contribution in [0.25, 0.3) is 0 Å². The highest BCUT2D eigenvalue weighted by Gasteiger charge is 2.20. The first-order chi connectivity index (χ1) is 37.5. The second-order valence-electron chi connectivity index (χ2n) is 24.2. The van der Waals surface area contributed by atoms with E-state index in [0.717, 1.165) is 44.9 Å². The van der Waals surface area contributed by atoms with Crippen LogP contribution in [0.3, 0.4) is 0 Å². The molecule has 6 nitrogen and oxygen atoms in total. The summed E-state index contributed by atoms with van der Waals surface area (Å²) in [6.45, 7) is 4.95. The van der Waals surface area contributed by atoms with Crippen LogP contribution in [-0.2, 0) is 14.3 Å². The summed E-state index contributed by atoms with van der Waals surface area (Å²) in [6, 6.07) is -0.534. The van der Waals surface area contributed by atoms with Crippen molar-refractivity contribution in [2.45, 2.75) is 411 Å². The molecule has 0 aromatic heterocycles. The summed E-state index contributed by atoms with van der Waals surface area (Å²) in [6.07, 6.45) is 81.5. The normalized spacial score (nSPS) is 12.5. The number of unbranched alkanes of at least 4 members (excludes halogenated alkanes) is 53. The molecule has 0 aliphatic carbocycles. The van der Waals surface area contributed by atoms with Gasteiger partial charge in [0, 0.05) is 12.8 Å². The van der Waals surface area contributed by atoms with E-state index in [0.29, 0.717) is 25.9 Å². The Kier molecular flexibility index (Phi) is 64.9. The predicted molar refractivity (Wildman–Crippen MR) is 333 cm³/mol. The van der Waals surface area contributed by atoms with Gasteiger partial charge in [-0.25, -0.2) is 0 Å². The average Bonchev–Trinajstić information content (AvgIpc) is 3.42. The molecule has 0 saturated heterocycles. The summed E-state index contributed by atoms with van der Waals surface area (Å²) >= 11 is 0. The van der Waals surface area contributed by atoms with Crippen molar-refractivity contribution in [2.75, 3.05) is 13.2 Å². The quantitative estimate of drug-likeness (QED) is 0.0320. The zero-order valence-corrected chi connectivity index (χ0v) is 51.8. The van der Waals surface area contributed by atoms with Gasteiger partial charge in [-0.3, -0.25) is 9.59 Å². The van der Waals surface area contributed by atoms with E-state index in [1.807, 2.05) is 0 Å². The number of ether oxygens (including phenoxy) is 1. The number of esters is 1. The maximum absolute atomic E-state index is 12.4. The van der Waals surface area contributed by atoms with Crippen LogP contribution in [0.2, 0.25) is 0 Å². The lowest BCUT2D eigenvalue weighted by Crippen LogP contribution is -2.45. The third kappa shape index (κ3) is 61.8. The molecule has 0 aromatic carbocycles. The van der Waals surface area contributed by atoms with Crippen LogP contribution >= 0.6 is 0 Å². The summed E-state index contributed by atoms with van der Waals surface area (Å²) < 4.78 is 5.48. The number of rotatable bonds is 66. The summed E-state index contributed by atoms with van der Waals surface area (Å²) in [4.78, 5) is 24.5. The molecule has 0 heterocycles. The van der Waals surface area contributed by atoms with Crippen LogP contribution in [0.4, 0.5) is 0 Å². The Balaban J connectivity index is 3.26. The largest absolute Gasteiger partial charge is 0.466 e. The van der Waals surface area contributed by atoms with Crippen molar-refractivity contribution in [3.05, 3.63) is 12.2 Å². The van der Waals surface area contributed by atoms with Crippen LogP contribution in [0, 0.1) is 0 Å². The lowest BCUT2D eigenvalue weighted by atomic mass is 10.0. The van der Waals surface area contributed by atoms with E-state index in [1.54, 1.807) is 0 Å². The highest BCUT2D eigenvalue weighted by molar-refractivity contribution is 5.76.